The summed E-state index contributed by atoms with van der Waals surface area (Å²) in [4.78, 5) is 0. The number of hydrogen-bond acceptors (Lipinski definition) is 4. The van der Waals surface area contributed by atoms with E-state index in [-0.39, 0.29) is 0 Å². The normalized spacial score (nSPS) is 26.7. The summed E-state index contributed by atoms with van der Waals surface area (Å²) in [5, 5.41) is 11.0. The van der Waals surface area contributed by atoms with Crippen LogP contribution in [-0.4, -0.2) is 32.0 Å². The van der Waals surface area contributed by atoms with Gasteiger partial charge in [-0.25, -0.2) is 0 Å². The zero-order chi connectivity index (χ0) is 13.9. The van der Waals surface area contributed by atoms with Gasteiger partial charge in [0.25, 0.3) is 0 Å². The van der Waals surface area contributed by atoms with Crippen LogP contribution >= 0.6 is 0 Å². The Balaban J connectivity index is 2.32. The van der Waals surface area contributed by atoms with Gasteiger partial charge in [0.15, 0.2) is 0 Å². The second kappa shape index (κ2) is 5.49. The molecule has 0 bridgehead atoms. The van der Waals surface area contributed by atoms with Crippen molar-refractivity contribution >= 4 is 0 Å². The molecule has 1 aromatic rings. The van der Waals surface area contributed by atoms with E-state index >= 15 is 0 Å². The van der Waals surface area contributed by atoms with Crippen LogP contribution in [0.25, 0.3) is 0 Å². The fourth-order valence-corrected chi connectivity index (χ4v) is 2.82. The monoisotopic (exact) mass is 265 g/mol. The smallest absolute Gasteiger partial charge is 0.118 e. The Morgan fingerprint density at radius 2 is 2.11 bits per heavy atom. The van der Waals surface area contributed by atoms with Crippen LogP contribution in [0.15, 0.2) is 24.3 Å². The van der Waals surface area contributed by atoms with Gasteiger partial charge in [0.2, 0.25) is 0 Å². The molecule has 106 valence electrons. The lowest BCUT2D eigenvalue weighted by Gasteiger charge is -2.47. The molecule has 0 radical (unpaired) electrons. The molecule has 19 heavy (non-hydrogen) atoms. The number of benzene rings is 1. The predicted octanol–water partition coefficient (Wildman–Crippen LogP) is 1.66. The summed E-state index contributed by atoms with van der Waals surface area (Å²) >= 11 is 0. The maximum absolute atomic E-state index is 11.0. The second-order valence-corrected chi connectivity index (χ2v) is 5.44. The van der Waals surface area contributed by atoms with Crippen LogP contribution < -0.4 is 10.5 Å². The molecule has 0 spiro atoms. The predicted molar refractivity (Wildman–Crippen MR) is 74.1 cm³/mol. The lowest BCUT2D eigenvalue weighted by Crippen LogP contribution is -2.53. The number of methoxy groups -OCH3 is 1. The summed E-state index contributed by atoms with van der Waals surface area (Å²) in [6.45, 7) is 3.49. The topological polar surface area (TPSA) is 64.7 Å². The molecule has 2 rings (SSSR count). The van der Waals surface area contributed by atoms with E-state index in [0.717, 1.165) is 30.8 Å². The van der Waals surface area contributed by atoms with E-state index in [1.807, 2.05) is 31.2 Å². The average Bonchev–Trinajstić information content (AvgIpc) is 2.47. The highest BCUT2D eigenvalue weighted by Crippen LogP contribution is 2.45. The summed E-state index contributed by atoms with van der Waals surface area (Å²) in [6.07, 6.45) is 1.81. The van der Waals surface area contributed by atoms with Crippen molar-refractivity contribution in [3.05, 3.63) is 29.8 Å². The summed E-state index contributed by atoms with van der Waals surface area (Å²) in [6, 6.07) is 7.51. The fraction of sp³-hybridized carbons (Fsp3) is 0.600. The van der Waals surface area contributed by atoms with Crippen LogP contribution in [-0.2, 0) is 10.3 Å². The average molecular weight is 265 g/mol. The molecule has 1 fully saturated rings. The van der Waals surface area contributed by atoms with Crippen molar-refractivity contribution < 1.29 is 14.6 Å². The number of aliphatic hydroxyl groups is 1. The maximum Gasteiger partial charge on any atom is 0.118 e. The highest BCUT2D eigenvalue weighted by atomic mass is 16.5. The van der Waals surface area contributed by atoms with Crippen molar-refractivity contribution in [3.8, 4) is 5.75 Å². The minimum atomic E-state index is -1.01. The Hall–Kier alpha value is -1.10. The standard InChI is InChI=1S/C15H23NO3/c1-14(17,12-4-6-13(18-2)7-5-12)15(10-16)8-3-9-19-11-15/h4-7,17H,3,8-11,16H2,1-2H3. The number of nitrogens with two attached hydrogens (primary N) is 1. The van der Waals surface area contributed by atoms with Gasteiger partial charge in [0, 0.05) is 18.6 Å². The van der Waals surface area contributed by atoms with Gasteiger partial charge in [-0.2, -0.15) is 0 Å². The van der Waals surface area contributed by atoms with Crippen LogP contribution in [0.1, 0.15) is 25.3 Å². The van der Waals surface area contributed by atoms with Gasteiger partial charge < -0.3 is 20.3 Å². The Morgan fingerprint density at radius 1 is 1.42 bits per heavy atom. The van der Waals surface area contributed by atoms with Crippen LogP contribution in [0.3, 0.4) is 0 Å². The van der Waals surface area contributed by atoms with Gasteiger partial charge in [-0.15, -0.1) is 0 Å². The van der Waals surface area contributed by atoms with E-state index in [0.29, 0.717) is 13.2 Å². The molecule has 1 heterocycles. The van der Waals surface area contributed by atoms with E-state index in [1.165, 1.54) is 0 Å². The Labute approximate surface area is 114 Å². The first-order chi connectivity index (χ1) is 9.05. The molecular weight excluding hydrogens is 242 g/mol. The van der Waals surface area contributed by atoms with Crippen molar-refractivity contribution in [2.45, 2.75) is 25.4 Å². The summed E-state index contributed by atoms with van der Waals surface area (Å²) < 4.78 is 10.7. The molecule has 0 amide bonds. The van der Waals surface area contributed by atoms with Gasteiger partial charge in [-0.1, -0.05) is 12.1 Å². The molecule has 3 N–H and O–H groups in total. The van der Waals surface area contributed by atoms with Crippen molar-refractivity contribution in [1.29, 1.82) is 0 Å². The molecule has 4 heteroatoms. The molecule has 0 saturated carbocycles. The van der Waals surface area contributed by atoms with Gasteiger partial charge in [-0.3, -0.25) is 0 Å². The van der Waals surface area contributed by atoms with Gasteiger partial charge >= 0.3 is 0 Å². The number of ether oxygens (including phenoxy) is 2. The van der Waals surface area contributed by atoms with Gasteiger partial charge in [-0.05, 0) is 37.5 Å². The third kappa shape index (κ3) is 2.48. The molecule has 1 saturated heterocycles. The van der Waals surface area contributed by atoms with E-state index < -0.39 is 11.0 Å². The first-order valence-corrected chi connectivity index (χ1v) is 6.70. The minimum absolute atomic E-state index is 0.409. The third-order valence-corrected chi connectivity index (χ3v) is 4.40. The van der Waals surface area contributed by atoms with Crippen LogP contribution in [0, 0.1) is 5.41 Å². The summed E-state index contributed by atoms with van der Waals surface area (Å²) in [5.74, 6) is 0.779. The summed E-state index contributed by atoms with van der Waals surface area (Å²) in [5.41, 5.74) is 5.38. The van der Waals surface area contributed by atoms with Crippen molar-refractivity contribution in [2.75, 3.05) is 26.9 Å². The molecule has 1 aromatic carbocycles. The van der Waals surface area contributed by atoms with Gasteiger partial charge in [0.1, 0.15) is 5.75 Å². The number of rotatable bonds is 4. The van der Waals surface area contributed by atoms with E-state index in [9.17, 15) is 5.11 Å². The Morgan fingerprint density at radius 3 is 2.58 bits per heavy atom. The van der Waals surface area contributed by atoms with E-state index in [1.54, 1.807) is 7.11 Å². The van der Waals surface area contributed by atoms with Crippen molar-refractivity contribution in [2.24, 2.45) is 11.1 Å². The molecule has 0 aliphatic carbocycles. The van der Waals surface area contributed by atoms with E-state index in [4.69, 9.17) is 15.2 Å². The first-order valence-electron chi connectivity index (χ1n) is 6.70. The molecule has 2 unspecified atom stereocenters. The zero-order valence-corrected chi connectivity index (χ0v) is 11.7. The SMILES string of the molecule is COc1ccc(C(C)(O)C2(CN)CCCOC2)cc1. The molecule has 4 nitrogen and oxygen atoms in total. The summed E-state index contributed by atoms with van der Waals surface area (Å²) in [7, 11) is 1.63. The van der Waals surface area contributed by atoms with E-state index in [2.05, 4.69) is 0 Å². The molecular formula is C15H23NO3. The molecule has 1 aliphatic heterocycles. The first kappa shape index (κ1) is 14.3. The Kier molecular flexibility index (Phi) is 4.13. The third-order valence-electron chi connectivity index (χ3n) is 4.40. The van der Waals surface area contributed by atoms with Crippen molar-refractivity contribution in [1.82, 2.24) is 0 Å². The highest BCUT2D eigenvalue weighted by molar-refractivity contribution is 5.32. The van der Waals surface area contributed by atoms with Gasteiger partial charge in [0.05, 0.1) is 19.3 Å². The minimum Gasteiger partial charge on any atom is -0.497 e. The Bertz CT molecular complexity index is 408. The van der Waals surface area contributed by atoms with Crippen LogP contribution in [0.4, 0.5) is 0 Å². The van der Waals surface area contributed by atoms with Crippen molar-refractivity contribution in [3.63, 3.8) is 0 Å². The lowest BCUT2D eigenvalue weighted by atomic mass is 9.66. The fourth-order valence-electron chi connectivity index (χ4n) is 2.82. The molecule has 2 atom stereocenters. The van der Waals surface area contributed by atoms with Crippen LogP contribution in [0.2, 0.25) is 0 Å². The number of hydrogen-bond donors (Lipinski definition) is 2. The van der Waals surface area contributed by atoms with Crippen LogP contribution in [0.5, 0.6) is 5.75 Å². The quantitative estimate of drug-likeness (QED) is 0.869. The molecule has 1 aliphatic rings. The highest BCUT2D eigenvalue weighted by Gasteiger charge is 2.48. The maximum atomic E-state index is 11.0. The molecule has 0 aromatic heterocycles. The zero-order valence-electron chi connectivity index (χ0n) is 11.7. The largest absolute Gasteiger partial charge is 0.497 e. The lowest BCUT2D eigenvalue weighted by molar-refractivity contribution is -0.139. The second-order valence-electron chi connectivity index (χ2n) is 5.44.